The number of hydrogen-bond donors (Lipinski definition) is 0. The third kappa shape index (κ3) is 3.98. The first kappa shape index (κ1) is 16.2. The summed E-state index contributed by atoms with van der Waals surface area (Å²) < 4.78 is 5.56. The number of rotatable bonds is 5. The normalized spacial score (nSPS) is 25.1. The van der Waals surface area contributed by atoms with Gasteiger partial charge in [0.25, 0.3) is 0 Å². The van der Waals surface area contributed by atoms with E-state index < -0.39 is 0 Å². The van der Waals surface area contributed by atoms with Crippen LogP contribution >= 0.6 is 23.4 Å². The van der Waals surface area contributed by atoms with Crippen molar-refractivity contribution < 1.29 is 9.53 Å². The van der Waals surface area contributed by atoms with Gasteiger partial charge in [0.2, 0.25) is 5.91 Å². The average molecular weight is 340 g/mol. The molecule has 0 N–H and O–H groups in total. The van der Waals surface area contributed by atoms with E-state index in [1.165, 1.54) is 5.56 Å². The molecule has 0 bridgehead atoms. The van der Waals surface area contributed by atoms with Crippen molar-refractivity contribution in [2.75, 3.05) is 32.1 Å². The smallest absolute Gasteiger partial charge is 0.222 e. The van der Waals surface area contributed by atoms with Crippen molar-refractivity contribution in [3.63, 3.8) is 0 Å². The van der Waals surface area contributed by atoms with Gasteiger partial charge in [-0.15, -0.1) is 0 Å². The number of piperidine rings is 1. The van der Waals surface area contributed by atoms with E-state index >= 15 is 0 Å². The lowest BCUT2D eigenvalue weighted by Crippen LogP contribution is -2.47. The zero-order valence-corrected chi connectivity index (χ0v) is 14.3. The first-order chi connectivity index (χ1) is 10.7. The number of carbonyl (C=O) groups excluding carboxylic acids is 1. The molecular formula is C17H22ClNO2S. The first-order valence-corrected chi connectivity index (χ1v) is 9.38. The van der Waals surface area contributed by atoms with Crippen molar-refractivity contribution in [3.8, 4) is 0 Å². The van der Waals surface area contributed by atoms with E-state index in [4.69, 9.17) is 16.3 Å². The molecule has 2 aliphatic rings. The average Bonchev–Trinajstić information content (AvgIpc) is 2.96. The molecule has 2 aliphatic heterocycles. The molecule has 3 nitrogen and oxygen atoms in total. The van der Waals surface area contributed by atoms with Gasteiger partial charge in [0.15, 0.2) is 0 Å². The summed E-state index contributed by atoms with van der Waals surface area (Å²) in [5.41, 5.74) is 1.48. The van der Waals surface area contributed by atoms with Gasteiger partial charge in [0, 0.05) is 48.1 Å². The second kappa shape index (κ2) is 7.24. The van der Waals surface area contributed by atoms with E-state index in [1.807, 2.05) is 34.9 Å². The van der Waals surface area contributed by atoms with Crippen molar-refractivity contribution in [1.29, 1.82) is 0 Å². The number of thioether (sulfide) groups is 1. The molecule has 0 aromatic heterocycles. The molecule has 120 valence electrons. The summed E-state index contributed by atoms with van der Waals surface area (Å²) in [6, 6.07) is 7.97. The largest absolute Gasteiger partial charge is 0.381 e. The quantitative estimate of drug-likeness (QED) is 0.768. The van der Waals surface area contributed by atoms with Crippen LogP contribution in [0.5, 0.6) is 0 Å². The lowest BCUT2D eigenvalue weighted by atomic mass is 9.79. The van der Waals surface area contributed by atoms with E-state index in [0.717, 1.165) is 55.7 Å². The van der Waals surface area contributed by atoms with Crippen molar-refractivity contribution in [1.82, 2.24) is 4.90 Å². The van der Waals surface area contributed by atoms with Crippen LogP contribution in [0, 0.1) is 5.41 Å². The Morgan fingerprint density at radius 1 is 1.36 bits per heavy atom. The maximum absolute atomic E-state index is 12.1. The van der Waals surface area contributed by atoms with Crippen LogP contribution in [0.4, 0.5) is 0 Å². The molecule has 1 aromatic carbocycles. The summed E-state index contributed by atoms with van der Waals surface area (Å²) in [7, 11) is 0. The Bertz CT molecular complexity index is 531. The molecule has 2 fully saturated rings. The molecule has 2 saturated heterocycles. The Labute approximate surface area is 141 Å². The predicted molar refractivity (Wildman–Crippen MR) is 91.3 cm³/mol. The Kier molecular flexibility index (Phi) is 5.32. The minimum atomic E-state index is 0.242. The first-order valence-electron chi connectivity index (χ1n) is 7.85. The number of amides is 1. The number of ether oxygens (including phenoxy) is 1. The summed E-state index contributed by atoms with van der Waals surface area (Å²) in [5.74, 6) is 2.22. The van der Waals surface area contributed by atoms with Crippen LogP contribution in [0.25, 0.3) is 0 Å². The van der Waals surface area contributed by atoms with Crippen LogP contribution in [0.2, 0.25) is 5.02 Å². The van der Waals surface area contributed by atoms with Gasteiger partial charge in [-0.2, -0.15) is 11.8 Å². The zero-order chi connectivity index (χ0) is 15.4. The molecule has 1 aromatic rings. The van der Waals surface area contributed by atoms with Gasteiger partial charge in [-0.3, -0.25) is 4.79 Å². The van der Waals surface area contributed by atoms with E-state index in [0.29, 0.717) is 12.3 Å². The highest BCUT2D eigenvalue weighted by Gasteiger charge is 2.41. The molecule has 1 spiro atoms. The summed E-state index contributed by atoms with van der Waals surface area (Å²) in [6.07, 6.45) is 2.78. The van der Waals surface area contributed by atoms with Crippen molar-refractivity contribution >= 4 is 29.3 Å². The number of likely N-dealkylation sites (tertiary alicyclic amines) is 1. The van der Waals surface area contributed by atoms with Crippen LogP contribution in [-0.2, 0) is 15.3 Å². The summed E-state index contributed by atoms with van der Waals surface area (Å²) in [4.78, 5) is 14.1. The maximum Gasteiger partial charge on any atom is 0.222 e. The molecule has 3 rings (SSSR count). The lowest BCUT2D eigenvalue weighted by Gasteiger charge is -2.39. The molecule has 2 heterocycles. The van der Waals surface area contributed by atoms with Gasteiger partial charge in [-0.25, -0.2) is 0 Å². The third-order valence-corrected chi connectivity index (χ3v) is 5.84. The maximum atomic E-state index is 12.1. The lowest BCUT2D eigenvalue weighted by molar-refractivity contribution is -0.137. The molecule has 0 aliphatic carbocycles. The highest BCUT2D eigenvalue weighted by molar-refractivity contribution is 7.98. The molecule has 1 amide bonds. The number of carbonyl (C=O) groups is 1. The second-order valence-corrected chi connectivity index (χ2v) is 7.84. The summed E-state index contributed by atoms with van der Waals surface area (Å²) in [6.45, 7) is 3.40. The van der Waals surface area contributed by atoms with Gasteiger partial charge in [-0.1, -0.05) is 23.7 Å². The third-order valence-electron chi connectivity index (χ3n) is 4.60. The van der Waals surface area contributed by atoms with Gasteiger partial charge >= 0.3 is 0 Å². The van der Waals surface area contributed by atoms with Gasteiger partial charge < -0.3 is 9.64 Å². The molecule has 0 radical (unpaired) electrons. The fourth-order valence-corrected chi connectivity index (χ4v) is 4.39. The minimum Gasteiger partial charge on any atom is -0.381 e. The van der Waals surface area contributed by atoms with Crippen molar-refractivity contribution in [3.05, 3.63) is 34.9 Å². The molecule has 1 atom stereocenters. The standard InChI is InChI=1S/C17H22ClNO2S/c18-15-3-1-2-14(10-15)11-22-9-7-19-12-17(5-4-16(19)20)6-8-21-13-17/h1-3,10H,4-9,11-13H2. The summed E-state index contributed by atoms with van der Waals surface area (Å²) >= 11 is 7.85. The Morgan fingerprint density at radius 3 is 3.05 bits per heavy atom. The molecule has 0 saturated carbocycles. The highest BCUT2D eigenvalue weighted by atomic mass is 35.5. The van der Waals surface area contributed by atoms with E-state index in [1.54, 1.807) is 0 Å². The van der Waals surface area contributed by atoms with Crippen LogP contribution < -0.4 is 0 Å². The Morgan fingerprint density at radius 2 is 2.27 bits per heavy atom. The number of hydrogen-bond acceptors (Lipinski definition) is 3. The fraction of sp³-hybridized carbons (Fsp3) is 0.588. The van der Waals surface area contributed by atoms with E-state index in [2.05, 4.69) is 6.07 Å². The topological polar surface area (TPSA) is 29.5 Å². The molecule has 5 heteroatoms. The molecule has 1 unspecified atom stereocenters. The fourth-order valence-electron chi connectivity index (χ4n) is 3.27. The van der Waals surface area contributed by atoms with Gasteiger partial charge in [0.05, 0.1) is 6.61 Å². The van der Waals surface area contributed by atoms with Gasteiger partial charge in [0.1, 0.15) is 0 Å². The second-order valence-electron chi connectivity index (χ2n) is 6.30. The van der Waals surface area contributed by atoms with Crippen LogP contribution in [0.3, 0.4) is 0 Å². The van der Waals surface area contributed by atoms with Crippen molar-refractivity contribution in [2.24, 2.45) is 5.41 Å². The van der Waals surface area contributed by atoms with Crippen LogP contribution in [0.15, 0.2) is 24.3 Å². The number of nitrogens with zero attached hydrogens (tertiary/aromatic N) is 1. The number of benzene rings is 1. The summed E-state index contributed by atoms with van der Waals surface area (Å²) in [5, 5.41) is 0.785. The van der Waals surface area contributed by atoms with E-state index in [9.17, 15) is 4.79 Å². The highest BCUT2D eigenvalue weighted by Crippen LogP contribution is 2.38. The monoisotopic (exact) mass is 339 g/mol. The minimum absolute atomic E-state index is 0.242. The number of halogens is 1. The Balaban J connectivity index is 1.45. The zero-order valence-electron chi connectivity index (χ0n) is 12.7. The SMILES string of the molecule is O=C1CCC2(CCOC2)CN1CCSCc1cccc(Cl)c1. The van der Waals surface area contributed by atoms with Gasteiger partial charge in [-0.05, 0) is 30.5 Å². The van der Waals surface area contributed by atoms with Crippen LogP contribution in [0.1, 0.15) is 24.8 Å². The Hall–Kier alpha value is -0.710. The van der Waals surface area contributed by atoms with Crippen molar-refractivity contribution in [2.45, 2.75) is 25.0 Å². The molecule has 22 heavy (non-hydrogen) atoms. The van der Waals surface area contributed by atoms with E-state index in [-0.39, 0.29) is 5.41 Å². The van der Waals surface area contributed by atoms with Crippen LogP contribution in [-0.4, -0.2) is 42.9 Å². The predicted octanol–water partition coefficient (Wildman–Crippen LogP) is 3.60. The molecular weight excluding hydrogens is 318 g/mol.